The topological polar surface area (TPSA) is 85.9 Å². The second-order valence-corrected chi connectivity index (χ2v) is 6.62. The molecule has 0 spiro atoms. The largest absolute Gasteiger partial charge is 0.347 e. The van der Waals surface area contributed by atoms with Crippen molar-refractivity contribution >= 4 is 5.91 Å². The number of aryl methyl sites for hydroxylation is 1. The predicted molar refractivity (Wildman–Crippen MR) is 87.2 cm³/mol. The van der Waals surface area contributed by atoms with E-state index >= 15 is 0 Å². The Hall–Kier alpha value is -2.51. The molecule has 0 saturated carbocycles. The zero-order valence-electron chi connectivity index (χ0n) is 14.2. The molecule has 1 aliphatic rings. The van der Waals surface area contributed by atoms with Crippen molar-refractivity contribution in [3.63, 3.8) is 0 Å². The molecule has 0 aliphatic carbocycles. The van der Waals surface area contributed by atoms with Crippen LogP contribution in [0.15, 0.2) is 23.3 Å². The van der Waals surface area contributed by atoms with Gasteiger partial charge in [0.1, 0.15) is 12.4 Å². The summed E-state index contributed by atoms with van der Waals surface area (Å²) in [6.45, 7) is 7.29. The van der Waals surface area contributed by atoms with Crippen LogP contribution in [0, 0.1) is 12.8 Å². The Labute approximate surface area is 140 Å². The van der Waals surface area contributed by atoms with Gasteiger partial charge in [0.15, 0.2) is 5.82 Å². The first-order valence-corrected chi connectivity index (χ1v) is 8.15. The summed E-state index contributed by atoms with van der Waals surface area (Å²) in [5, 5.41) is 8.37. The Morgan fingerprint density at radius 3 is 2.88 bits per heavy atom. The van der Waals surface area contributed by atoms with Crippen molar-refractivity contribution in [1.82, 2.24) is 29.2 Å². The van der Waals surface area contributed by atoms with Gasteiger partial charge in [-0.15, -0.1) is 10.2 Å². The molecule has 3 rings (SSSR count). The van der Waals surface area contributed by atoms with Crippen LogP contribution in [0.4, 0.5) is 0 Å². The molecule has 0 aromatic carbocycles. The highest BCUT2D eigenvalue weighted by Crippen LogP contribution is 2.27. The molecule has 0 bridgehead atoms. The first-order chi connectivity index (χ1) is 11.5. The van der Waals surface area contributed by atoms with Gasteiger partial charge in [-0.25, -0.2) is 9.78 Å². The maximum atomic E-state index is 12.6. The second-order valence-electron chi connectivity index (χ2n) is 6.62. The fraction of sp³-hybridized carbons (Fsp3) is 0.562. The Morgan fingerprint density at radius 1 is 1.38 bits per heavy atom. The molecule has 0 N–H and O–H groups in total. The third-order valence-corrected chi connectivity index (χ3v) is 4.25. The standard InChI is InChI=1S/C16H22N6O2/c1-11(2)7-13-8-21(9-14-19-18-12(3)22(13)14)15(23)10-20-6-4-5-17-16(20)24/h4-6,11,13H,7-10H2,1-3H3/t13-/m0/s1. The van der Waals surface area contributed by atoms with Crippen LogP contribution in [-0.2, 0) is 17.9 Å². The SMILES string of the molecule is Cc1nnc2n1[C@@H](CC(C)C)CN(C(=O)Cn1cccnc1=O)C2. The molecule has 24 heavy (non-hydrogen) atoms. The van der Waals surface area contributed by atoms with E-state index in [0.717, 1.165) is 18.1 Å². The van der Waals surface area contributed by atoms with E-state index in [1.54, 1.807) is 17.2 Å². The van der Waals surface area contributed by atoms with E-state index in [0.29, 0.717) is 19.0 Å². The van der Waals surface area contributed by atoms with Crippen molar-refractivity contribution in [3.05, 3.63) is 40.6 Å². The van der Waals surface area contributed by atoms with Crippen molar-refractivity contribution in [1.29, 1.82) is 0 Å². The minimum Gasteiger partial charge on any atom is -0.332 e. The van der Waals surface area contributed by atoms with Crippen molar-refractivity contribution in [2.45, 2.75) is 46.3 Å². The number of fused-ring (bicyclic) bond motifs is 1. The molecule has 0 unspecified atom stereocenters. The number of aromatic nitrogens is 5. The van der Waals surface area contributed by atoms with Crippen LogP contribution in [0.25, 0.3) is 0 Å². The average Bonchev–Trinajstić information content (AvgIpc) is 2.90. The maximum Gasteiger partial charge on any atom is 0.347 e. The summed E-state index contributed by atoms with van der Waals surface area (Å²) in [7, 11) is 0. The molecular weight excluding hydrogens is 308 g/mol. The van der Waals surface area contributed by atoms with Crippen LogP contribution in [0.5, 0.6) is 0 Å². The number of amides is 1. The first kappa shape index (κ1) is 16.4. The molecule has 1 amide bonds. The van der Waals surface area contributed by atoms with Gasteiger partial charge in [-0.1, -0.05) is 13.8 Å². The highest BCUT2D eigenvalue weighted by molar-refractivity contribution is 5.76. The molecule has 3 heterocycles. The van der Waals surface area contributed by atoms with Crippen LogP contribution in [0.1, 0.15) is 38.0 Å². The van der Waals surface area contributed by atoms with Gasteiger partial charge in [-0.3, -0.25) is 9.36 Å². The number of hydrogen-bond acceptors (Lipinski definition) is 5. The minimum atomic E-state index is -0.416. The van der Waals surface area contributed by atoms with Gasteiger partial charge in [-0.2, -0.15) is 0 Å². The molecule has 8 nitrogen and oxygen atoms in total. The normalized spacial score (nSPS) is 17.2. The van der Waals surface area contributed by atoms with E-state index in [1.807, 2.05) is 6.92 Å². The molecule has 0 saturated heterocycles. The predicted octanol–water partition coefficient (Wildman–Crippen LogP) is 0.773. The molecule has 2 aromatic heterocycles. The first-order valence-electron chi connectivity index (χ1n) is 8.15. The number of rotatable bonds is 4. The summed E-state index contributed by atoms with van der Waals surface area (Å²) in [6.07, 6.45) is 3.95. The number of nitrogens with zero attached hydrogens (tertiary/aromatic N) is 6. The highest BCUT2D eigenvalue weighted by atomic mass is 16.2. The third kappa shape index (κ3) is 3.22. The molecule has 1 aliphatic heterocycles. The lowest BCUT2D eigenvalue weighted by Crippen LogP contribution is -2.44. The van der Waals surface area contributed by atoms with Crippen molar-refractivity contribution in [2.75, 3.05) is 6.54 Å². The highest BCUT2D eigenvalue weighted by Gasteiger charge is 2.30. The minimum absolute atomic E-state index is 0.00576. The van der Waals surface area contributed by atoms with Gasteiger partial charge in [0.05, 0.1) is 12.6 Å². The number of carbonyl (C=O) groups excluding carboxylic acids is 1. The average molecular weight is 330 g/mol. The molecular formula is C16H22N6O2. The van der Waals surface area contributed by atoms with Crippen molar-refractivity contribution in [3.8, 4) is 0 Å². The Balaban J connectivity index is 1.81. The monoisotopic (exact) mass is 330 g/mol. The van der Waals surface area contributed by atoms with Gasteiger partial charge in [0.2, 0.25) is 5.91 Å². The molecule has 8 heteroatoms. The van der Waals surface area contributed by atoms with E-state index in [9.17, 15) is 9.59 Å². The fourth-order valence-corrected chi connectivity index (χ4v) is 3.23. The maximum absolute atomic E-state index is 12.6. The van der Waals surface area contributed by atoms with E-state index in [-0.39, 0.29) is 18.5 Å². The van der Waals surface area contributed by atoms with Gasteiger partial charge in [-0.05, 0) is 25.3 Å². The van der Waals surface area contributed by atoms with Gasteiger partial charge in [0.25, 0.3) is 0 Å². The quantitative estimate of drug-likeness (QED) is 0.826. The lowest BCUT2D eigenvalue weighted by atomic mass is 10.0. The van der Waals surface area contributed by atoms with Crippen LogP contribution in [-0.4, -0.2) is 41.7 Å². The summed E-state index contributed by atoms with van der Waals surface area (Å²) in [5.41, 5.74) is -0.416. The van der Waals surface area contributed by atoms with Gasteiger partial charge in [0, 0.05) is 18.9 Å². The summed E-state index contributed by atoms with van der Waals surface area (Å²) in [4.78, 5) is 29.8. The molecule has 1 atom stereocenters. The zero-order valence-corrected chi connectivity index (χ0v) is 14.2. The Bertz CT molecular complexity index is 794. The second kappa shape index (κ2) is 6.54. The Morgan fingerprint density at radius 2 is 2.17 bits per heavy atom. The molecule has 128 valence electrons. The van der Waals surface area contributed by atoms with E-state index < -0.39 is 5.69 Å². The van der Waals surface area contributed by atoms with E-state index in [4.69, 9.17) is 0 Å². The summed E-state index contributed by atoms with van der Waals surface area (Å²) in [5.74, 6) is 2.08. The molecule has 0 fully saturated rings. The van der Waals surface area contributed by atoms with Crippen LogP contribution < -0.4 is 5.69 Å². The van der Waals surface area contributed by atoms with Crippen molar-refractivity contribution in [2.24, 2.45) is 5.92 Å². The molecule has 2 aromatic rings. The summed E-state index contributed by atoms with van der Waals surface area (Å²) >= 11 is 0. The van der Waals surface area contributed by atoms with Crippen LogP contribution >= 0.6 is 0 Å². The lowest BCUT2D eigenvalue weighted by molar-refractivity contribution is -0.134. The van der Waals surface area contributed by atoms with Crippen LogP contribution in [0.3, 0.4) is 0 Å². The van der Waals surface area contributed by atoms with E-state index in [1.165, 1.54) is 10.8 Å². The summed E-state index contributed by atoms with van der Waals surface area (Å²) < 4.78 is 3.46. The zero-order chi connectivity index (χ0) is 17.3. The lowest BCUT2D eigenvalue weighted by Gasteiger charge is -2.35. The van der Waals surface area contributed by atoms with Gasteiger partial charge < -0.3 is 9.47 Å². The smallest absolute Gasteiger partial charge is 0.332 e. The van der Waals surface area contributed by atoms with Gasteiger partial charge >= 0.3 is 5.69 Å². The number of carbonyl (C=O) groups is 1. The summed E-state index contributed by atoms with van der Waals surface area (Å²) in [6, 6.07) is 1.81. The Kier molecular flexibility index (Phi) is 4.46. The van der Waals surface area contributed by atoms with E-state index in [2.05, 4.69) is 33.6 Å². The number of hydrogen-bond donors (Lipinski definition) is 0. The molecule has 0 radical (unpaired) electrons. The fourth-order valence-electron chi connectivity index (χ4n) is 3.23. The van der Waals surface area contributed by atoms with Crippen LogP contribution in [0.2, 0.25) is 0 Å². The van der Waals surface area contributed by atoms with Crippen molar-refractivity contribution < 1.29 is 4.79 Å². The third-order valence-electron chi connectivity index (χ3n) is 4.25.